The molecule has 0 N–H and O–H groups in total. The topological polar surface area (TPSA) is 68.5 Å². The quantitative estimate of drug-likeness (QED) is 0.724. The lowest BCUT2D eigenvalue weighted by molar-refractivity contribution is -0.137. The highest BCUT2D eigenvalue weighted by Crippen LogP contribution is 2.38. The van der Waals surface area contributed by atoms with Gasteiger partial charge in [-0.1, -0.05) is 16.8 Å². The standard InChI is InChI=1S/C17H17ClF3N3O3/c1-16(2,3)26-15(25)24-7-9(8-24)14-22-13(23-27-14)11-5-4-10(18)6-12(11)17(19,20)21/h4-6,9H,7-8H2,1-3H3. The summed E-state index contributed by atoms with van der Waals surface area (Å²) in [6.45, 7) is 5.87. The molecular weight excluding hydrogens is 387 g/mol. The molecule has 10 heteroatoms. The van der Waals surface area contributed by atoms with E-state index in [1.54, 1.807) is 20.8 Å². The average Bonchev–Trinajstić information content (AvgIpc) is 2.92. The lowest BCUT2D eigenvalue weighted by Gasteiger charge is -2.37. The van der Waals surface area contributed by atoms with E-state index in [-0.39, 0.29) is 28.2 Å². The maximum Gasteiger partial charge on any atom is 0.417 e. The molecule has 1 aliphatic rings. The average molecular weight is 404 g/mol. The Kier molecular flexibility index (Phi) is 4.83. The number of hydrogen-bond acceptors (Lipinski definition) is 5. The van der Waals surface area contributed by atoms with Crippen LogP contribution in [0.5, 0.6) is 0 Å². The van der Waals surface area contributed by atoms with E-state index >= 15 is 0 Å². The lowest BCUT2D eigenvalue weighted by Crippen LogP contribution is -2.50. The zero-order valence-corrected chi connectivity index (χ0v) is 15.6. The smallest absolute Gasteiger partial charge is 0.417 e. The maximum atomic E-state index is 13.2. The number of nitrogens with zero attached hydrogens (tertiary/aromatic N) is 3. The van der Waals surface area contributed by atoms with Crippen molar-refractivity contribution in [2.24, 2.45) is 0 Å². The van der Waals surface area contributed by atoms with E-state index < -0.39 is 23.4 Å². The van der Waals surface area contributed by atoms with Crippen LogP contribution in [0.3, 0.4) is 0 Å². The van der Waals surface area contributed by atoms with Crippen molar-refractivity contribution in [1.82, 2.24) is 15.0 Å². The van der Waals surface area contributed by atoms with Crippen LogP contribution >= 0.6 is 11.6 Å². The molecule has 6 nitrogen and oxygen atoms in total. The van der Waals surface area contributed by atoms with Crippen molar-refractivity contribution >= 4 is 17.7 Å². The fourth-order valence-corrected chi connectivity index (χ4v) is 2.74. The molecular formula is C17H17ClF3N3O3. The fraction of sp³-hybridized carbons (Fsp3) is 0.471. The van der Waals surface area contributed by atoms with Gasteiger partial charge in [0.15, 0.2) is 0 Å². The number of halogens is 4. The largest absolute Gasteiger partial charge is 0.444 e. The number of amides is 1. The van der Waals surface area contributed by atoms with Crippen molar-refractivity contribution in [2.75, 3.05) is 13.1 Å². The van der Waals surface area contributed by atoms with Gasteiger partial charge in [0, 0.05) is 23.7 Å². The minimum absolute atomic E-state index is 0.0400. The maximum absolute atomic E-state index is 13.2. The monoisotopic (exact) mass is 403 g/mol. The predicted molar refractivity (Wildman–Crippen MR) is 90.3 cm³/mol. The van der Waals surface area contributed by atoms with Gasteiger partial charge < -0.3 is 14.2 Å². The second-order valence-electron chi connectivity index (χ2n) is 7.23. The lowest BCUT2D eigenvalue weighted by atomic mass is 10.0. The van der Waals surface area contributed by atoms with Crippen LogP contribution in [0.4, 0.5) is 18.0 Å². The molecule has 0 unspecified atom stereocenters. The minimum Gasteiger partial charge on any atom is -0.444 e. The highest BCUT2D eigenvalue weighted by molar-refractivity contribution is 6.30. The molecule has 27 heavy (non-hydrogen) atoms. The molecule has 0 bridgehead atoms. The van der Waals surface area contributed by atoms with E-state index in [4.69, 9.17) is 20.9 Å². The zero-order chi connectivity index (χ0) is 20.0. The van der Waals surface area contributed by atoms with Gasteiger partial charge >= 0.3 is 12.3 Å². The predicted octanol–water partition coefficient (Wildman–Crippen LogP) is 4.74. The van der Waals surface area contributed by atoms with Crippen LogP contribution in [0.1, 0.15) is 38.1 Å². The van der Waals surface area contributed by atoms with Gasteiger partial charge in [0.25, 0.3) is 0 Å². The summed E-state index contributed by atoms with van der Waals surface area (Å²) < 4.78 is 50.0. The normalized spacial score (nSPS) is 15.6. The Labute approximate surface area is 158 Å². The first kappa shape index (κ1) is 19.5. The number of benzene rings is 1. The highest BCUT2D eigenvalue weighted by Gasteiger charge is 2.39. The van der Waals surface area contributed by atoms with E-state index in [1.807, 2.05) is 0 Å². The molecule has 1 aromatic carbocycles. The Hall–Kier alpha value is -2.29. The van der Waals surface area contributed by atoms with Gasteiger partial charge in [0.2, 0.25) is 11.7 Å². The van der Waals surface area contributed by atoms with Crippen LogP contribution < -0.4 is 0 Å². The molecule has 0 aliphatic carbocycles. The van der Waals surface area contributed by atoms with E-state index in [0.29, 0.717) is 13.1 Å². The number of likely N-dealkylation sites (tertiary alicyclic amines) is 1. The highest BCUT2D eigenvalue weighted by atomic mass is 35.5. The molecule has 3 rings (SSSR count). The summed E-state index contributed by atoms with van der Waals surface area (Å²) in [6.07, 6.45) is -5.07. The van der Waals surface area contributed by atoms with Gasteiger partial charge in [0.05, 0.1) is 11.5 Å². The van der Waals surface area contributed by atoms with E-state index in [9.17, 15) is 18.0 Å². The molecule has 146 valence electrons. The van der Waals surface area contributed by atoms with E-state index in [0.717, 1.165) is 6.07 Å². The summed E-state index contributed by atoms with van der Waals surface area (Å²) in [5.41, 5.74) is -1.76. The van der Waals surface area contributed by atoms with Gasteiger partial charge in [-0.2, -0.15) is 18.2 Å². The molecule has 1 amide bonds. The molecule has 1 saturated heterocycles. The molecule has 1 fully saturated rings. The summed E-state index contributed by atoms with van der Waals surface area (Å²) in [7, 11) is 0. The van der Waals surface area contributed by atoms with Crippen LogP contribution in [-0.2, 0) is 10.9 Å². The van der Waals surface area contributed by atoms with Gasteiger partial charge in [-0.25, -0.2) is 4.79 Å². The Balaban J connectivity index is 1.74. The fourth-order valence-electron chi connectivity index (χ4n) is 2.57. The number of rotatable bonds is 2. The third-order valence-electron chi connectivity index (χ3n) is 3.85. The molecule has 0 atom stereocenters. The first-order valence-corrected chi connectivity index (χ1v) is 8.50. The summed E-state index contributed by atoms with van der Waals surface area (Å²) in [5.74, 6) is -0.252. The molecule has 2 heterocycles. The van der Waals surface area contributed by atoms with E-state index in [2.05, 4.69) is 10.1 Å². The second kappa shape index (κ2) is 6.70. The Morgan fingerprint density at radius 2 is 1.96 bits per heavy atom. The molecule has 1 aromatic heterocycles. The van der Waals surface area contributed by atoms with Gasteiger partial charge in [0.1, 0.15) is 5.60 Å². The van der Waals surface area contributed by atoms with Gasteiger partial charge in [-0.3, -0.25) is 0 Å². The number of ether oxygens (including phenoxy) is 1. The Bertz CT molecular complexity index is 855. The van der Waals surface area contributed by atoms with Crippen LogP contribution in [-0.4, -0.2) is 39.8 Å². The van der Waals surface area contributed by atoms with Crippen LogP contribution in [0.25, 0.3) is 11.4 Å². The molecule has 0 spiro atoms. The third-order valence-corrected chi connectivity index (χ3v) is 4.09. The zero-order valence-electron chi connectivity index (χ0n) is 14.8. The number of carbonyl (C=O) groups is 1. The summed E-state index contributed by atoms with van der Waals surface area (Å²) >= 11 is 5.68. The summed E-state index contributed by atoms with van der Waals surface area (Å²) in [4.78, 5) is 17.5. The summed E-state index contributed by atoms with van der Waals surface area (Å²) in [6, 6.07) is 3.35. The number of aromatic nitrogens is 2. The molecule has 1 aliphatic heterocycles. The first-order valence-electron chi connectivity index (χ1n) is 8.13. The molecule has 0 radical (unpaired) electrons. The van der Waals surface area contributed by atoms with Crippen molar-refractivity contribution < 1.29 is 27.2 Å². The second-order valence-corrected chi connectivity index (χ2v) is 7.66. The van der Waals surface area contributed by atoms with Gasteiger partial charge in [-0.15, -0.1) is 0 Å². The SMILES string of the molecule is CC(C)(C)OC(=O)N1CC(c2nc(-c3ccc(Cl)cc3C(F)(F)F)no2)C1. The molecule has 2 aromatic rings. The first-order chi connectivity index (χ1) is 12.4. The van der Waals surface area contributed by atoms with Crippen molar-refractivity contribution in [3.8, 4) is 11.4 Å². The van der Waals surface area contributed by atoms with Crippen molar-refractivity contribution in [2.45, 2.75) is 38.5 Å². The van der Waals surface area contributed by atoms with Crippen molar-refractivity contribution in [1.29, 1.82) is 0 Å². The Morgan fingerprint density at radius 1 is 1.30 bits per heavy atom. The summed E-state index contributed by atoms with van der Waals surface area (Å²) in [5, 5.41) is 3.62. The van der Waals surface area contributed by atoms with Crippen molar-refractivity contribution in [3.63, 3.8) is 0 Å². The van der Waals surface area contributed by atoms with E-state index in [1.165, 1.54) is 17.0 Å². The van der Waals surface area contributed by atoms with Crippen LogP contribution in [0.2, 0.25) is 5.02 Å². The van der Waals surface area contributed by atoms with Gasteiger partial charge in [-0.05, 0) is 39.0 Å². The van der Waals surface area contributed by atoms with Crippen LogP contribution in [0.15, 0.2) is 22.7 Å². The number of alkyl halides is 3. The minimum atomic E-state index is -4.61. The molecule has 0 saturated carbocycles. The van der Waals surface area contributed by atoms with Crippen molar-refractivity contribution in [3.05, 3.63) is 34.7 Å². The third kappa shape index (κ3) is 4.35. The Morgan fingerprint density at radius 3 is 2.56 bits per heavy atom. The number of hydrogen-bond donors (Lipinski definition) is 0. The number of carbonyl (C=O) groups excluding carboxylic acids is 1. The van der Waals surface area contributed by atoms with Crippen LogP contribution in [0, 0.1) is 0 Å².